The molecule has 1 saturated heterocycles. The number of thioether (sulfide) groups is 1. The first kappa shape index (κ1) is 19.1. The highest BCUT2D eigenvalue weighted by atomic mass is 32.2. The molecule has 1 heterocycles. The van der Waals surface area contributed by atoms with Crippen molar-refractivity contribution in [1.29, 1.82) is 0 Å². The van der Waals surface area contributed by atoms with E-state index >= 15 is 0 Å². The quantitative estimate of drug-likeness (QED) is 0.786. The summed E-state index contributed by atoms with van der Waals surface area (Å²) in [5.74, 6) is 1.18. The van der Waals surface area contributed by atoms with Gasteiger partial charge in [-0.25, -0.2) is 4.79 Å². The maximum absolute atomic E-state index is 12.4. The van der Waals surface area contributed by atoms with Crippen molar-refractivity contribution in [2.45, 2.75) is 64.7 Å². The van der Waals surface area contributed by atoms with E-state index in [2.05, 4.69) is 10.6 Å². The summed E-state index contributed by atoms with van der Waals surface area (Å²) in [5.41, 5.74) is -1.14. The average molecular weight is 330 g/mol. The number of amides is 2. The van der Waals surface area contributed by atoms with Crippen LogP contribution in [0, 0.1) is 5.41 Å². The Kier molecular flexibility index (Phi) is 7.03. The Labute approximate surface area is 138 Å². The number of hydrogen-bond acceptors (Lipinski definition) is 4. The topological polar surface area (TPSA) is 67.4 Å². The molecule has 2 atom stereocenters. The van der Waals surface area contributed by atoms with Crippen LogP contribution < -0.4 is 10.6 Å². The fourth-order valence-corrected chi connectivity index (χ4v) is 3.37. The molecule has 1 rings (SSSR count). The third-order valence-electron chi connectivity index (χ3n) is 3.86. The minimum absolute atomic E-state index is 0.00133. The SMILES string of the molecule is CCC(C)(CNC(=O)OC(C)(C)C)C(=O)NCC1CCCS1. The van der Waals surface area contributed by atoms with E-state index in [1.807, 2.05) is 46.4 Å². The standard InChI is InChI=1S/C16H30N2O3S/c1-6-16(5,11-18-14(20)21-15(2,3)4)13(19)17-10-12-8-7-9-22-12/h12H,6-11H2,1-5H3,(H,17,19)(H,18,20). The summed E-state index contributed by atoms with van der Waals surface area (Å²) >= 11 is 1.92. The van der Waals surface area contributed by atoms with Crippen molar-refractivity contribution in [1.82, 2.24) is 10.6 Å². The van der Waals surface area contributed by atoms with Crippen LogP contribution in [0.4, 0.5) is 4.79 Å². The monoisotopic (exact) mass is 330 g/mol. The molecule has 1 aliphatic heterocycles. The molecule has 0 aromatic carbocycles. The molecule has 2 unspecified atom stereocenters. The smallest absolute Gasteiger partial charge is 0.407 e. The van der Waals surface area contributed by atoms with Crippen LogP contribution in [0.3, 0.4) is 0 Å². The molecule has 22 heavy (non-hydrogen) atoms. The Morgan fingerprint density at radius 3 is 2.41 bits per heavy atom. The van der Waals surface area contributed by atoms with Gasteiger partial charge in [0.2, 0.25) is 5.91 Å². The molecule has 128 valence electrons. The molecule has 6 heteroatoms. The molecular formula is C16H30N2O3S. The summed E-state index contributed by atoms with van der Waals surface area (Å²) < 4.78 is 5.21. The van der Waals surface area contributed by atoms with E-state index in [4.69, 9.17) is 4.74 Å². The summed E-state index contributed by atoms with van der Waals surface area (Å²) in [6.07, 6.45) is 2.58. The van der Waals surface area contributed by atoms with Crippen molar-refractivity contribution >= 4 is 23.8 Å². The molecule has 0 spiro atoms. The van der Waals surface area contributed by atoms with Gasteiger partial charge in [0.1, 0.15) is 5.60 Å². The molecular weight excluding hydrogens is 300 g/mol. The van der Waals surface area contributed by atoms with Gasteiger partial charge in [0.15, 0.2) is 0 Å². The Hall–Kier alpha value is -0.910. The first-order chi connectivity index (χ1) is 10.2. The number of carbonyl (C=O) groups excluding carboxylic acids is 2. The van der Waals surface area contributed by atoms with Crippen molar-refractivity contribution in [3.05, 3.63) is 0 Å². The molecule has 5 nitrogen and oxygen atoms in total. The zero-order valence-electron chi connectivity index (χ0n) is 14.5. The second-order valence-corrected chi connectivity index (χ2v) is 8.52. The van der Waals surface area contributed by atoms with Crippen LogP contribution in [0.15, 0.2) is 0 Å². The molecule has 2 amide bonds. The van der Waals surface area contributed by atoms with Crippen LogP contribution in [0.25, 0.3) is 0 Å². The Morgan fingerprint density at radius 1 is 1.23 bits per heavy atom. The highest BCUT2D eigenvalue weighted by Crippen LogP contribution is 2.26. The molecule has 0 aromatic heterocycles. The Bertz CT molecular complexity index is 389. The van der Waals surface area contributed by atoms with Crippen molar-refractivity contribution in [2.24, 2.45) is 5.41 Å². The van der Waals surface area contributed by atoms with E-state index in [0.29, 0.717) is 18.2 Å². The van der Waals surface area contributed by atoms with Gasteiger partial charge in [-0.3, -0.25) is 4.79 Å². The number of ether oxygens (including phenoxy) is 1. The van der Waals surface area contributed by atoms with E-state index in [9.17, 15) is 9.59 Å². The molecule has 0 bridgehead atoms. The van der Waals surface area contributed by atoms with E-state index in [1.54, 1.807) is 0 Å². The van der Waals surface area contributed by atoms with E-state index in [-0.39, 0.29) is 12.5 Å². The van der Waals surface area contributed by atoms with Crippen molar-refractivity contribution in [3.8, 4) is 0 Å². The van der Waals surface area contributed by atoms with Gasteiger partial charge in [0.25, 0.3) is 0 Å². The summed E-state index contributed by atoms with van der Waals surface area (Å²) in [4.78, 5) is 24.2. The summed E-state index contributed by atoms with van der Waals surface area (Å²) in [5, 5.41) is 6.28. The third kappa shape index (κ3) is 6.46. The lowest BCUT2D eigenvalue weighted by molar-refractivity contribution is -0.130. The normalized spacial score (nSPS) is 21.0. The summed E-state index contributed by atoms with van der Waals surface area (Å²) in [6.45, 7) is 10.3. The first-order valence-corrected chi connectivity index (χ1v) is 9.08. The van der Waals surface area contributed by atoms with Crippen LogP contribution in [0.1, 0.15) is 53.9 Å². The van der Waals surface area contributed by atoms with Crippen molar-refractivity contribution < 1.29 is 14.3 Å². The molecule has 0 saturated carbocycles. The number of hydrogen-bond donors (Lipinski definition) is 2. The second kappa shape index (κ2) is 8.09. The van der Waals surface area contributed by atoms with Crippen LogP contribution in [-0.4, -0.2) is 41.7 Å². The average Bonchev–Trinajstić information content (AvgIpc) is 2.93. The largest absolute Gasteiger partial charge is 0.444 e. The maximum atomic E-state index is 12.4. The van der Waals surface area contributed by atoms with Gasteiger partial charge in [0.05, 0.1) is 5.41 Å². The van der Waals surface area contributed by atoms with Crippen LogP contribution >= 0.6 is 11.8 Å². The van der Waals surface area contributed by atoms with Gasteiger partial charge in [-0.05, 0) is 52.7 Å². The maximum Gasteiger partial charge on any atom is 0.407 e. The minimum atomic E-state index is -0.611. The Balaban J connectivity index is 2.44. The lowest BCUT2D eigenvalue weighted by Gasteiger charge is -2.28. The lowest BCUT2D eigenvalue weighted by atomic mass is 9.86. The number of rotatable bonds is 6. The van der Waals surface area contributed by atoms with Gasteiger partial charge < -0.3 is 15.4 Å². The van der Waals surface area contributed by atoms with Crippen molar-refractivity contribution in [3.63, 3.8) is 0 Å². The number of nitrogens with one attached hydrogen (secondary N) is 2. The highest BCUT2D eigenvalue weighted by molar-refractivity contribution is 8.00. The van der Waals surface area contributed by atoms with E-state index < -0.39 is 17.1 Å². The molecule has 0 aromatic rings. The minimum Gasteiger partial charge on any atom is -0.444 e. The van der Waals surface area contributed by atoms with Gasteiger partial charge in [-0.15, -0.1) is 0 Å². The fourth-order valence-electron chi connectivity index (χ4n) is 2.17. The molecule has 1 fully saturated rings. The van der Waals surface area contributed by atoms with Gasteiger partial charge >= 0.3 is 6.09 Å². The van der Waals surface area contributed by atoms with Gasteiger partial charge in [-0.2, -0.15) is 11.8 Å². The molecule has 2 N–H and O–H groups in total. The Morgan fingerprint density at radius 2 is 1.91 bits per heavy atom. The predicted molar refractivity (Wildman–Crippen MR) is 91.1 cm³/mol. The van der Waals surface area contributed by atoms with E-state index in [0.717, 1.165) is 0 Å². The molecule has 0 radical (unpaired) electrons. The van der Waals surface area contributed by atoms with Gasteiger partial charge in [0, 0.05) is 18.3 Å². The number of alkyl carbamates (subject to hydrolysis) is 1. The zero-order valence-corrected chi connectivity index (χ0v) is 15.3. The molecule has 0 aliphatic carbocycles. The third-order valence-corrected chi connectivity index (χ3v) is 5.26. The van der Waals surface area contributed by atoms with Gasteiger partial charge in [-0.1, -0.05) is 6.92 Å². The second-order valence-electron chi connectivity index (χ2n) is 7.11. The van der Waals surface area contributed by atoms with Crippen LogP contribution in [0.5, 0.6) is 0 Å². The summed E-state index contributed by atoms with van der Waals surface area (Å²) in [7, 11) is 0. The highest BCUT2D eigenvalue weighted by Gasteiger charge is 2.33. The van der Waals surface area contributed by atoms with E-state index in [1.165, 1.54) is 18.6 Å². The van der Waals surface area contributed by atoms with Crippen LogP contribution in [-0.2, 0) is 9.53 Å². The summed E-state index contributed by atoms with van der Waals surface area (Å²) in [6, 6.07) is 0. The van der Waals surface area contributed by atoms with Crippen LogP contribution in [0.2, 0.25) is 0 Å². The molecule has 1 aliphatic rings. The zero-order chi connectivity index (χ0) is 16.8. The van der Waals surface area contributed by atoms with Crippen molar-refractivity contribution in [2.75, 3.05) is 18.8 Å². The fraction of sp³-hybridized carbons (Fsp3) is 0.875. The lowest BCUT2D eigenvalue weighted by Crippen LogP contribution is -2.48. The first-order valence-electron chi connectivity index (χ1n) is 8.03. The predicted octanol–water partition coefficient (Wildman–Crippen LogP) is 2.94. The number of carbonyl (C=O) groups is 2.